The van der Waals surface area contributed by atoms with Crippen LogP contribution in [0.4, 0.5) is 0 Å². The summed E-state index contributed by atoms with van der Waals surface area (Å²) < 4.78 is 16.6. The van der Waals surface area contributed by atoms with E-state index in [4.69, 9.17) is 14.2 Å². The number of nitrogens with zero attached hydrogens (tertiary/aromatic N) is 1. The Kier molecular flexibility index (Phi) is 30.5. The normalized spacial score (nSPS) is 13.7. The van der Waals surface area contributed by atoms with Crippen molar-refractivity contribution in [2.45, 2.75) is 187 Å². The minimum atomic E-state index is -0.104. The molecule has 0 atom stereocenters. The molecular weight excluding hydrogens is 602 g/mol. The fraction of sp³-hybridized carbons (Fsp3) is 0.829. The van der Waals surface area contributed by atoms with Crippen molar-refractivity contribution in [2.24, 2.45) is 0 Å². The highest BCUT2D eigenvalue weighted by molar-refractivity contribution is 5.70. The predicted octanol–water partition coefficient (Wildman–Crippen LogP) is 10.6. The van der Waals surface area contributed by atoms with Crippen LogP contribution in [-0.4, -0.2) is 61.8 Å². The highest BCUT2D eigenvalue weighted by atomic mass is 16.5. The lowest BCUT2D eigenvalue weighted by Gasteiger charge is -2.18. The Labute approximate surface area is 295 Å². The average molecular weight is 676 g/mol. The summed E-state index contributed by atoms with van der Waals surface area (Å²) >= 11 is 0. The fourth-order valence-corrected chi connectivity index (χ4v) is 5.77. The third-order valence-electron chi connectivity index (χ3n) is 8.97. The Hall–Kier alpha value is -2.15. The summed E-state index contributed by atoms with van der Waals surface area (Å²) in [5.41, 5.74) is 0. The maximum Gasteiger partial charge on any atom is 0.306 e. The van der Waals surface area contributed by atoms with Crippen LogP contribution >= 0.6 is 0 Å². The Morgan fingerprint density at radius 2 is 0.958 bits per heavy atom. The highest BCUT2D eigenvalue weighted by Gasteiger charge is 2.18. The van der Waals surface area contributed by atoms with Gasteiger partial charge in [0, 0.05) is 32.4 Å². The number of rotatable bonds is 35. The predicted molar refractivity (Wildman–Crippen MR) is 198 cm³/mol. The van der Waals surface area contributed by atoms with Crippen LogP contribution in [0, 0.1) is 0 Å². The van der Waals surface area contributed by atoms with Crippen molar-refractivity contribution in [1.29, 1.82) is 0 Å². The van der Waals surface area contributed by atoms with E-state index >= 15 is 0 Å². The summed E-state index contributed by atoms with van der Waals surface area (Å²) in [7, 11) is 0. The van der Waals surface area contributed by atoms with E-state index < -0.39 is 0 Å². The fourth-order valence-electron chi connectivity index (χ4n) is 5.77. The van der Waals surface area contributed by atoms with Gasteiger partial charge in [0.25, 0.3) is 0 Å². The van der Waals surface area contributed by atoms with Gasteiger partial charge < -0.3 is 19.1 Å². The van der Waals surface area contributed by atoms with Crippen LogP contribution in [0.3, 0.4) is 0 Å². The van der Waals surface area contributed by atoms with Gasteiger partial charge in [-0.3, -0.25) is 14.4 Å². The number of ether oxygens (including phenoxy) is 3. The lowest BCUT2D eigenvalue weighted by atomic mass is 10.0. The number of hydrogen-bond acceptors (Lipinski definition) is 7. The Morgan fingerprint density at radius 1 is 0.521 bits per heavy atom. The van der Waals surface area contributed by atoms with Gasteiger partial charge in [0.15, 0.2) is 0 Å². The molecule has 0 aromatic rings. The zero-order chi connectivity index (χ0) is 34.8. The van der Waals surface area contributed by atoms with Crippen molar-refractivity contribution in [3.63, 3.8) is 0 Å². The molecule has 0 aliphatic carbocycles. The molecule has 1 heterocycles. The van der Waals surface area contributed by atoms with Gasteiger partial charge in [0.2, 0.25) is 0 Å². The molecule has 1 aliphatic rings. The van der Waals surface area contributed by atoms with E-state index in [0.717, 1.165) is 116 Å². The molecule has 0 aromatic carbocycles. The van der Waals surface area contributed by atoms with E-state index in [9.17, 15) is 14.4 Å². The molecule has 1 rings (SSSR count). The molecule has 1 aliphatic heterocycles. The number of carbonyl (C=O) groups is 3. The van der Waals surface area contributed by atoms with Crippen LogP contribution in [-0.2, 0) is 28.6 Å². The van der Waals surface area contributed by atoms with Crippen molar-refractivity contribution in [3.8, 4) is 0 Å². The summed E-state index contributed by atoms with van der Waals surface area (Å²) in [5, 5.41) is 0. The molecule has 0 amide bonds. The van der Waals surface area contributed by atoms with E-state index in [1.165, 1.54) is 51.4 Å². The van der Waals surface area contributed by atoms with Crippen LogP contribution < -0.4 is 0 Å². The van der Waals surface area contributed by atoms with E-state index in [2.05, 4.69) is 30.9 Å². The van der Waals surface area contributed by atoms with Crippen LogP contribution in [0.25, 0.3) is 0 Å². The lowest BCUT2D eigenvalue weighted by Crippen LogP contribution is -2.19. The first-order chi connectivity index (χ1) is 23.5. The van der Waals surface area contributed by atoms with E-state index in [1.54, 1.807) is 0 Å². The number of esters is 3. The molecule has 0 radical (unpaired) electrons. The number of hydrogen-bond donors (Lipinski definition) is 0. The molecule has 7 nitrogen and oxygen atoms in total. The largest absolute Gasteiger partial charge is 0.462 e. The van der Waals surface area contributed by atoms with E-state index in [-0.39, 0.29) is 24.0 Å². The first-order valence-electron chi connectivity index (χ1n) is 20.1. The van der Waals surface area contributed by atoms with Gasteiger partial charge in [-0.2, -0.15) is 0 Å². The third-order valence-corrected chi connectivity index (χ3v) is 8.97. The highest BCUT2D eigenvalue weighted by Crippen LogP contribution is 2.18. The molecule has 1 saturated heterocycles. The number of carbonyl (C=O) groups excluding carboxylic acids is 3. The van der Waals surface area contributed by atoms with E-state index in [0.29, 0.717) is 32.5 Å². The first kappa shape index (κ1) is 43.9. The molecule has 0 unspecified atom stereocenters. The number of allylic oxidation sites excluding steroid dienone is 2. The van der Waals surface area contributed by atoms with Crippen molar-refractivity contribution < 1.29 is 28.6 Å². The second-order valence-corrected chi connectivity index (χ2v) is 13.7. The monoisotopic (exact) mass is 676 g/mol. The van der Waals surface area contributed by atoms with Crippen molar-refractivity contribution >= 4 is 17.9 Å². The molecule has 0 saturated carbocycles. The quantitative estimate of drug-likeness (QED) is 0.0217. The molecule has 0 N–H and O–H groups in total. The van der Waals surface area contributed by atoms with Crippen molar-refractivity contribution in [3.05, 3.63) is 24.3 Å². The molecule has 48 heavy (non-hydrogen) atoms. The summed E-state index contributed by atoms with van der Waals surface area (Å²) in [5.74, 6) is -0.268. The summed E-state index contributed by atoms with van der Waals surface area (Å²) in [4.78, 5) is 38.8. The smallest absolute Gasteiger partial charge is 0.306 e. The standard InChI is InChI=1S/C41H73NO6/c1-3-5-7-9-11-19-25-36-46-39(43)30-23-17-13-15-21-28-38(48-41(45)32-27-33-42-34-35-42)29-22-16-14-18-24-31-40(44)47-37-26-20-12-10-8-6-4-2/h19-20,25-26,38H,3-18,21-24,27-37H2,1-2H3. The SMILES string of the molecule is CCCCCCC=CCOC(=O)CCCCCCCC(CCCCCCCC(=O)OCC=CCCCCCC)OC(=O)CCCN1CC1. The summed E-state index contributed by atoms with van der Waals surface area (Å²) in [6, 6.07) is 0. The Balaban J connectivity index is 2.14. The maximum atomic E-state index is 12.5. The summed E-state index contributed by atoms with van der Waals surface area (Å²) in [6.45, 7) is 8.52. The molecule has 7 heteroatoms. The van der Waals surface area contributed by atoms with Crippen LogP contribution in [0.5, 0.6) is 0 Å². The van der Waals surface area contributed by atoms with Gasteiger partial charge >= 0.3 is 17.9 Å². The van der Waals surface area contributed by atoms with E-state index in [1.807, 2.05) is 12.2 Å². The lowest BCUT2D eigenvalue weighted by molar-refractivity contribution is -0.150. The van der Waals surface area contributed by atoms with Gasteiger partial charge in [-0.15, -0.1) is 0 Å². The average Bonchev–Trinajstić information content (AvgIpc) is 3.90. The number of unbranched alkanes of at least 4 members (excludes halogenated alkanes) is 16. The van der Waals surface area contributed by atoms with Gasteiger partial charge in [0.05, 0.1) is 0 Å². The third kappa shape index (κ3) is 31.1. The van der Waals surface area contributed by atoms with Gasteiger partial charge in [-0.1, -0.05) is 115 Å². The van der Waals surface area contributed by atoms with Crippen molar-refractivity contribution in [1.82, 2.24) is 4.90 Å². The van der Waals surface area contributed by atoms with Gasteiger partial charge in [-0.25, -0.2) is 0 Å². The molecular formula is C41H73NO6. The molecule has 278 valence electrons. The molecule has 0 spiro atoms. The van der Waals surface area contributed by atoms with Gasteiger partial charge in [0.1, 0.15) is 19.3 Å². The van der Waals surface area contributed by atoms with Crippen LogP contribution in [0.15, 0.2) is 24.3 Å². The van der Waals surface area contributed by atoms with Crippen LogP contribution in [0.2, 0.25) is 0 Å². The van der Waals surface area contributed by atoms with Crippen LogP contribution in [0.1, 0.15) is 181 Å². The van der Waals surface area contributed by atoms with Gasteiger partial charge in [-0.05, 0) is 77.2 Å². The summed E-state index contributed by atoms with van der Waals surface area (Å²) in [6.07, 6.45) is 34.7. The first-order valence-corrected chi connectivity index (χ1v) is 20.1. The zero-order valence-corrected chi connectivity index (χ0v) is 31.2. The minimum absolute atomic E-state index is 0.0110. The second kappa shape index (κ2) is 33.4. The topological polar surface area (TPSA) is 81.9 Å². The Morgan fingerprint density at radius 3 is 1.44 bits per heavy atom. The molecule has 1 fully saturated rings. The minimum Gasteiger partial charge on any atom is -0.462 e. The Bertz CT molecular complexity index is 785. The second-order valence-electron chi connectivity index (χ2n) is 13.7. The maximum absolute atomic E-state index is 12.5. The zero-order valence-electron chi connectivity index (χ0n) is 31.2. The molecule has 0 bridgehead atoms. The molecule has 0 aromatic heterocycles. The van der Waals surface area contributed by atoms with Crippen molar-refractivity contribution in [2.75, 3.05) is 32.8 Å².